The summed E-state index contributed by atoms with van der Waals surface area (Å²) in [6.07, 6.45) is 4.54. The van der Waals surface area contributed by atoms with Crippen LogP contribution in [0.3, 0.4) is 0 Å². The molecular formula is C28H32N6O3. The number of nitrogens with one attached hydrogen (secondary N) is 1. The maximum Gasteiger partial charge on any atom is 0.321 e. The zero-order chi connectivity index (χ0) is 25.8. The Morgan fingerprint density at radius 2 is 1.76 bits per heavy atom. The maximum atomic E-state index is 5.53. The van der Waals surface area contributed by atoms with Crippen molar-refractivity contribution >= 4 is 22.3 Å². The Bertz CT molecular complexity index is 1370. The number of benzene rings is 2. The van der Waals surface area contributed by atoms with E-state index in [2.05, 4.69) is 56.4 Å². The Morgan fingerprint density at radius 1 is 0.919 bits per heavy atom. The van der Waals surface area contributed by atoms with Crippen LogP contribution in [-0.2, 0) is 6.42 Å². The molecule has 0 spiro atoms. The molecule has 4 aromatic rings. The van der Waals surface area contributed by atoms with Crippen molar-refractivity contribution in [3.05, 3.63) is 54.5 Å². The molecule has 0 aliphatic carbocycles. The van der Waals surface area contributed by atoms with Gasteiger partial charge in [0.05, 0.1) is 27.0 Å². The lowest BCUT2D eigenvalue weighted by Crippen LogP contribution is -2.39. The van der Waals surface area contributed by atoms with Crippen molar-refractivity contribution in [3.8, 4) is 28.9 Å². The fourth-order valence-electron chi connectivity index (χ4n) is 4.68. The summed E-state index contributed by atoms with van der Waals surface area (Å²) in [4.78, 5) is 20.1. The van der Waals surface area contributed by atoms with Crippen molar-refractivity contribution in [2.24, 2.45) is 0 Å². The number of hydrogen-bond donors (Lipinski definition) is 1. The molecule has 0 amide bonds. The first-order valence-corrected chi connectivity index (χ1v) is 12.5. The number of methoxy groups -OCH3 is 3. The van der Waals surface area contributed by atoms with Crippen LogP contribution in [0.15, 0.2) is 48.7 Å². The number of fused-ring (bicyclic) bond motifs is 1. The van der Waals surface area contributed by atoms with E-state index < -0.39 is 0 Å². The zero-order valence-electron chi connectivity index (χ0n) is 21.7. The molecule has 0 saturated carbocycles. The van der Waals surface area contributed by atoms with Crippen LogP contribution in [0.1, 0.15) is 25.6 Å². The standard InChI is InChI=1S/C28H32N6O3/c1-5-25-29-11-8-23(31-25)19-14-18-6-7-21(35-2)16-22(18)24(15-19)30-20-9-12-34(13-10-20)26-17-27(36-3)33-28(32-26)37-4/h6-8,11,14-17,20,30H,5,9-10,12-13H2,1-4H3. The van der Waals surface area contributed by atoms with E-state index in [0.29, 0.717) is 17.9 Å². The van der Waals surface area contributed by atoms with E-state index in [1.807, 2.05) is 24.4 Å². The van der Waals surface area contributed by atoms with Crippen LogP contribution in [0.5, 0.6) is 17.6 Å². The average Bonchev–Trinajstić information content (AvgIpc) is 2.96. The highest BCUT2D eigenvalue weighted by atomic mass is 16.5. The topological polar surface area (TPSA) is 94.5 Å². The first-order valence-electron chi connectivity index (χ1n) is 12.5. The quantitative estimate of drug-likeness (QED) is 0.367. The normalized spacial score (nSPS) is 14.0. The molecule has 0 atom stereocenters. The lowest BCUT2D eigenvalue weighted by molar-refractivity contribution is 0.351. The predicted octanol–water partition coefficient (Wildman–Crippen LogP) is 4.76. The first-order chi connectivity index (χ1) is 18.1. The van der Waals surface area contributed by atoms with Gasteiger partial charge in [-0.2, -0.15) is 9.97 Å². The third kappa shape index (κ3) is 5.35. The highest BCUT2D eigenvalue weighted by Crippen LogP contribution is 2.34. The average molecular weight is 501 g/mol. The monoisotopic (exact) mass is 500 g/mol. The van der Waals surface area contributed by atoms with Crippen LogP contribution >= 0.6 is 0 Å². The van der Waals surface area contributed by atoms with Gasteiger partial charge in [0.25, 0.3) is 0 Å². The van der Waals surface area contributed by atoms with E-state index >= 15 is 0 Å². The van der Waals surface area contributed by atoms with E-state index in [1.165, 1.54) is 0 Å². The van der Waals surface area contributed by atoms with Crippen molar-refractivity contribution in [2.75, 3.05) is 44.6 Å². The van der Waals surface area contributed by atoms with Gasteiger partial charge in [-0.3, -0.25) is 0 Å². The number of anilines is 2. The zero-order valence-corrected chi connectivity index (χ0v) is 21.7. The molecule has 0 radical (unpaired) electrons. The summed E-state index contributed by atoms with van der Waals surface area (Å²) in [5.74, 6) is 2.98. The summed E-state index contributed by atoms with van der Waals surface area (Å²) in [5, 5.41) is 6.08. The fourth-order valence-corrected chi connectivity index (χ4v) is 4.68. The van der Waals surface area contributed by atoms with E-state index in [4.69, 9.17) is 19.2 Å². The third-order valence-corrected chi connectivity index (χ3v) is 6.72. The highest BCUT2D eigenvalue weighted by molar-refractivity contribution is 5.98. The first kappa shape index (κ1) is 24.5. The van der Waals surface area contributed by atoms with Gasteiger partial charge in [0.1, 0.15) is 17.4 Å². The lowest BCUT2D eigenvalue weighted by atomic mass is 9.99. The predicted molar refractivity (Wildman–Crippen MR) is 145 cm³/mol. The van der Waals surface area contributed by atoms with Crippen molar-refractivity contribution in [3.63, 3.8) is 0 Å². The molecule has 5 rings (SSSR count). The number of piperidine rings is 1. The molecule has 9 nitrogen and oxygen atoms in total. The van der Waals surface area contributed by atoms with Gasteiger partial charge in [-0.05, 0) is 48.6 Å². The second-order valence-electron chi connectivity index (χ2n) is 8.98. The molecule has 2 aromatic carbocycles. The summed E-state index contributed by atoms with van der Waals surface area (Å²) in [6, 6.07) is 15.0. The molecule has 9 heteroatoms. The SMILES string of the molecule is CCc1nccc(-c2cc(NC3CCN(c4cc(OC)nc(OC)n4)CC3)c3cc(OC)ccc3c2)n1. The van der Waals surface area contributed by atoms with Crippen LogP contribution in [-0.4, -0.2) is 60.4 Å². The van der Waals surface area contributed by atoms with Gasteiger partial charge >= 0.3 is 6.01 Å². The van der Waals surface area contributed by atoms with Gasteiger partial charge in [0, 0.05) is 54.5 Å². The molecule has 0 bridgehead atoms. The number of ether oxygens (including phenoxy) is 3. The summed E-state index contributed by atoms with van der Waals surface area (Å²) < 4.78 is 16.1. The number of aromatic nitrogens is 4. The van der Waals surface area contributed by atoms with Gasteiger partial charge in [-0.25, -0.2) is 9.97 Å². The van der Waals surface area contributed by atoms with Gasteiger partial charge in [0.2, 0.25) is 5.88 Å². The Morgan fingerprint density at radius 3 is 2.49 bits per heavy atom. The van der Waals surface area contributed by atoms with Crippen molar-refractivity contribution in [2.45, 2.75) is 32.2 Å². The lowest BCUT2D eigenvalue weighted by Gasteiger charge is -2.34. The van der Waals surface area contributed by atoms with Gasteiger partial charge in [-0.1, -0.05) is 13.0 Å². The largest absolute Gasteiger partial charge is 0.497 e. The third-order valence-electron chi connectivity index (χ3n) is 6.72. The fraction of sp³-hybridized carbons (Fsp3) is 0.357. The van der Waals surface area contributed by atoms with Crippen LogP contribution in [0, 0.1) is 0 Å². The second-order valence-corrected chi connectivity index (χ2v) is 8.98. The van der Waals surface area contributed by atoms with E-state index in [1.54, 1.807) is 21.3 Å². The van der Waals surface area contributed by atoms with Crippen molar-refractivity contribution in [1.82, 2.24) is 19.9 Å². The molecular weight excluding hydrogens is 468 g/mol. The maximum absolute atomic E-state index is 5.53. The molecule has 0 unspecified atom stereocenters. The molecule has 1 aliphatic heterocycles. The number of hydrogen-bond acceptors (Lipinski definition) is 9. The summed E-state index contributed by atoms with van der Waals surface area (Å²) >= 11 is 0. The summed E-state index contributed by atoms with van der Waals surface area (Å²) in [5.41, 5.74) is 3.07. The smallest absolute Gasteiger partial charge is 0.321 e. The van der Waals surface area contributed by atoms with Crippen LogP contribution in [0.4, 0.5) is 11.5 Å². The number of aryl methyl sites for hydroxylation is 1. The Labute approximate surface area is 216 Å². The van der Waals surface area contributed by atoms with E-state index in [0.717, 1.165) is 77.5 Å². The van der Waals surface area contributed by atoms with Gasteiger partial charge in [-0.15, -0.1) is 0 Å². The highest BCUT2D eigenvalue weighted by Gasteiger charge is 2.22. The summed E-state index contributed by atoms with van der Waals surface area (Å²) in [6.45, 7) is 3.78. The van der Waals surface area contributed by atoms with Crippen LogP contribution in [0.25, 0.3) is 22.0 Å². The summed E-state index contributed by atoms with van der Waals surface area (Å²) in [7, 11) is 4.86. The Kier molecular flexibility index (Phi) is 7.20. The minimum absolute atomic E-state index is 0.308. The van der Waals surface area contributed by atoms with Gasteiger partial charge < -0.3 is 24.4 Å². The van der Waals surface area contributed by atoms with Crippen molar-refractivity contribution in [1.29, 1.82) is 0 Å². The molecule has 1 N–H and O–H groups in total. The molecule has 1 aliphatic rings. The second kappa shape index (κ2) is 10.9. The number of nitrogens with zero attached hydrogens (tertiary/aromatic N) is 5. The molecule has 37 heavy (non-hydrogen) atoms. The molecule has 2 aromatic heterocycles. The van der Waals surface area contributed by atoms with Crippen molar-refractivity contribution < 1.29 is 14.2 Å². The Balaban J connectivity index is 1.40. The van der Waals surface area contributed by atoms with E-state index in [9.17, 15) is 0 Å². The van der Waals surface area contributed by atoms with Crippen LogP contribution < -0.4 is 24.4 Å². The van der Waals surface area contributed by atoms with Crippen LogP contribution in [0.2, 0.25) is 0 Å². The van der Waals surface area contributed by atoms with Gasteiger partial charge in [0.15, 0.2) is 0 Å². The molecule has 192 valence electrons. The molecule has 1 saturated heterocycles. The minimum Gasteiger partial charge on any atom is -0.497 e. The Hall–Kier alpha value is -4.14. The number of rotatable bonds is 8. The minimum atomic E-state index is 0.308. The van der Waals surface area contributed by atoms with E-state index in [-0.39, 0.29) is 0 Å². The molecule has 1 fully saturated rings. The molecule has 3 heterocycles.